The predicted molar refractivity (Wildman–Crippen MR) is 84.1 cm³/mol. The highest BCUT2D eigenvalue weighted by Crippen LogP contribution is 2.23. The number of hydrogen-bond donors (Lipinski definition) is 1. The van der Waals surface area contributed by atoms with Gasteiger partial charge in [-0.1, -0.05) is 18.3 Å². The zero-order chi connectivity index (χ0) is 14.5. The maximum absolute atomic E-state index is 5.75. The quantitative estimate of drug-likeness (QED) is 0.811. The maximum Gasteiger partial charge on any atom is 0.129 e. The highest BCUT2D eigenvalue weighted by atomic mass is 32.1. The first-order valence-electron chi connectivity index (χ1n) is 6.82. The van der Waals surface area contributed by atoms with Gasteiger partial charge in [0.1, 0.15) is 10.7 Å². The van der Waals surface area contributed by atoms with Crippen LogP contribution in [-0.2, 0) is 11.3 Å². The van der Waals surface area contributed by atoms with Crippen molar-refractivity contribution in [3.8, 4) is 5.75 Å². The number of nitrogens with zero attached hydrogens (tertiary/aromatic N) is 1. The molecule has 1 aromatic rings. The lowest BCUT2D eigenvalue weighted by atomic mass is 10.1. The van der Waals surface area contributed by atoms with Gasteiger partial charge in [0.15, 0.2) is 0 Å². The first-order valence-corrected chi connectivity index (χ1v) is 7.23. The summed E-state index contributed by atoms with van der Waals surface area (Å²) in [5.41, 5.74) is 7.78. The van der Waals surface area contributed by atoms with Crippen LogP contribution in [0.15, 0.2) is 18.2 Å². The van der Waals surface area contributed by atoms with Crippen molar-refractivity contribution in [2.45, 2.75) is 13.0 Å². The molecule has 0 bridgehead atoms. The van der Waals surface area contributed by atoms with Crippen molar-refractivity contribution in [2.24, 2.45) is 11.7 Å². The summed E-state index contributed by atoms with van der Waals surface area (Å²) in [6, 6.07) is 6.04. The molecule has 1 fully saturated rings. The average molecular weight is 294 g/mol. The second-order valence-electron chi connectivity index (χ2n) is 5.24. The largest absolute Gasteiger partial charge is 0.496 e. The van der Waals surface area contributed by atoms with Gasteiger partial charge in [0.05, 0.1) is 19.3 Å². The lowest BCUT2D eigenvalue weighted by Gasteiger charge is -2.17. The van der Waals surface area contributed by atoms with Gasteiger partial charge in [0.2, 0.25) is 0 Å². The highest BCUT2D eigenvalue weighted by molar-refractivity contribution is 7.80. The second-order valence-corrected chi connectivity index (χ2v) is 5.68. The Morgan fingerprint density at radius 3 is 2.90 bits per heavy atom. The van der Waals surface area contributed by atoms with Crippen molar-refractivity contribution in [3.63, 3.8) is 0 Å². The van der Waals surface area contributed by atoms with E-state index in [9.17, 15) is 0 Å². The molecule has 20 heavy (non-hydrogen) atoms. The molecule has 1 aromatic carbocycles. The van der Waals surface area contributed by atoms with Crippen molar-refractivity contribution >= 4 is 17.2 Å². The van der Waals surface area contributed by atoms with Gasteiger partial charge in [0.25, 0.3) is 0 Å². The van der Waals surface area contributed by atoms with Crippen molar-refractivity contribution in [3.05, 3.63) is 29.3 Å². The van der Waals surface area contributed by atoms with Crippen molar-refractivity contribution in [1.82, 2.24) is 4.90 Å². The fourth-order valence-electron chi connectivity index (χ4n) is 2.73. The van der Waals surface area contributed by atoms with Crippen molar-refractivity contribution < 1.29 is 9.47 Å². The summed E-state index contributed by atoms with van der Waals surface area (Å²) in [5, 5.41) is 0. The van der Waals surface area contributed by atoms with E-state index in [1.165, 1.54) is 12.0 Å². The Hall–Kier alpha value is -1.17. The number of nitrogens with two attached hydrogens (primary N) is 1. The molecule has 2 rings (SSSR count). The first-order chi connectivity index (χ1) is 9.63. The van der Waals surface area contributed by atoms with E-state index in [1.807, 2.05) is 12.1 Å². The molecule has 110 valence electrons. The van der Waals surface area contributed by atoms with Crippen molar-refractivity contribution in [1.29, 1.82) is 0 Å². The molecule has 0 radical (unpaired) electrons. The summed E-state index contributed by atoms with van der Waals surface area (Å²) in [7, 11) is 3.40. The molecule has 1 atom stereocenters. The van der Waals surface area contributed by atoms with Crippen LogP contribution in [0.3, 0.4) is 0 Å². The summed E-state index contributed by atoms with van der Waals surface area (Å²) >= 11 is 5.08. The normalized spacial score (nSPS) is 19.2. The van der Waals surface area contributed by atoms with Crippen LogP contribution < -0.4 is 10.5 Å². The lowest BCUT2D eigenvalue weighted by Crippen LogP contribution is -2.21. The molecule has 2 N–H and O–H groups in total. The molecule has 1 heterocycles. The van der Waals surface area contributed by atoms with E-state index in [0.717, 1.165) is 37.6 Å². The number of hydrogen-bond acceptors (Lipinski definition) is 4. The average Bonchev–Trinajstić information content (AvgIpc) is 2.86. The van der Waals surface area contributed by atoms with Gasteiger partial charge in [-0.25, -0.2) is 0 Å². The van der Waals surface area contributed by atoms with Crippen molar-refractivity contribution in [2.75, 3.05) is 33.9 Å². The molecule has 0 spiro atoms. The molecule has 1 unspecified atom stereocenters. The van der Waals surface area contributed by atoms with Gasteiger partial charge >= 0.3 is 0 Å². The van der Waals surface area contributed by atoms with Gasteiger partial charge in [-0.15, -0.1) is 0 Å². The standard InChI is InChI=1S/C15H22N2O2S/c1-18-10-12-5-6-17(9-12)8-11-3-4-14(19-2)13(7-11)15(16)20/h3-4,7,12H,5-6,8-10H2,1-2H3,(H2,16,20). The van der Waals surface area contributed by atoms with Gasteiger partial charge in [-0.3, -0.25) is 4.90 Å². The van der Waals surface area contributed by atoms with Crippen LogP contribution in [0.2, 0.25) is 0 Å². The zero-order valence-corrected chi connectivity index (χ0v) is 12.9. The molecule has 0 saturated carbocycles. The molecule has 1 aliphatic heterocycles. The second kappa shape index (κ2) is 7.02. The Labute approximate surface area is 125 Å². The van der Waals surface area contributed by atoms with E-state index in [2.05, 4.69) is 11.0 Å². The summed E-state index contributed by atoms with van der Waals surface area (Å²) in [6.07, 6.45) is 1.20. The number of rotatable bonds is 6. The van der Waals surface area contributed by atoms with E-state index in [0.29, 0.717) is 10.9 Å². The number of methoxy groups -OCH3 is 2. The molecule has 0 aliphatic carbocycles. The van der Waals surface area contributed by atoms with E-state index < -0.39 is 0 Å². The smallest absolute Gasteiger partial charge is 0.129 e. The molecular weight excluding hydrogens is 272 g/mol. The van der Waals surface area contributed by atoms with Crippen LogP contribution in [0.5, 0.6) is 5.75 Å². The third kappa shape index (κ3) is 3.69. The Kier molecular flexibility index (Phi) is 5.34. The first kappa shape index (κ1) is 15.2. The van der Waals surface area contributed by atoms with E-state index in [4.69, 9.17) is 27.4 Å². The Bertz CT molecular complexity index is 479. The zero-order valence-electron chi connectivity index (χ0n) is 12.1. The maximum atomic E-state index is 5.75. The van der Waals surface area contributed by atoms with Crippen LogP contribution in [0, 0.1) is 5.92 Å². The summed E-state index contributed by atoms with van der Waals surface area (Å²) < 4.78 is 10.5. The molecule has 1 aliphatic rings. The molecule has 0 aromatic heterocycles. The van der Waals surface area contributed by atoms with E-state index in [-0.39, 0.29) is 0 Å². The fourth-order valence-corrected chi connectivity index (χ4v) is 2.89. The monoisotopic (exact) mass is 294 g/mol. The summed E-state index contributed by atoms with van der Waals surface area (Å²) in [5.74, 6) is 1.38. The minimum atomic E-state index is 0.377. The summed E-state index contributed by atoms with van der Waals surface area (Å²) in [4.78, 5) is 2.82. The van der Waals surface area contributed by atoms with Crippen LogP contribution in [-0.4, -0.2) is 43.8 Å². The molecule has 5 heteroatoms. The minimum Gasteiger partial charge on any atom is -0.496 e. The molecule has 1 saturated heterocycles. The Balaban J connectivity index is 2.03. The Morgan fingerprint density at radius 1 is 1.45 bits per heavy atom. The Morgan fingerprint density at radius 2 is 2.25 bits per heavy atom. The van der Waals surface area contributed by atoms with E-state index in [1.54, 1.807) is 14.2 Å². The van der Waals surface area contributed by atoms with E-state index >= 15 is 0 Å². The molecule has 0 amide bonds. The van der Waals surface area contributed by atoms with Crippen LogP contribution in [0.4, 0.5) is 0 Å². The number of thiocarbonyl (C=S) groups is 1. The predicted octanol–water partition coefficient (Wildman–Crippen LogP) is 1.80. The fraction of sp³-hybridized carbons (Fsp3) is 0.533. The highest BCUT2D eigenvalue weighted by Gasteiger charge is 2.22. The number of likely N-dealkylation sites (tertiary alicyclic amines) is 1. The number of ether oxygens (including phenoxy) is 2. The SMILES string of the molecule is COCC1CCN(Cc2ccc(OC)c(C(N)=S)c2)C1. The molecule has 4 nitrogen and oxygen atoms in total. The minimum absolute atomic E-state index is 0.377. The third-order valence-corrected chi connectivity index (χ3v) is 3.93. The summed E-state index contributed by atoms with van der Waals surface area (Å²) in [6.45, 7) is 3.96. The van der Waals surface area contributed by atoms with Gasteiger partial charge in [-0.05, 0) is 36.6 Å². The van der Waals surface area contributed by atoms with Crippen LogP contribution in [0.25, 0.3) is 0 Å². The van der Waals surface area contributed by atoms with Crippen LogP contribution in [0.1, 0.15) is 17.5 Å². The molecular formula is C15H22N2O2S. The number of benzene rings is 1. The lowest BCUT2D eigenvalue weighted by molar-refractivity contribution is 0.152. The van der Waals surface area contributed by atoms with Gasteiger partial charge < -0.3 is 15.2 Å². The topological polar surface area (TPSA) is 47.7 Å². The third-order valence-electron chi connectivity index (χ3n) is 3.71. The van der Waals surface area contributed by atoms with Crippen LogP contribution >= 0.6 is 12.2 Å². The van der Waals surface area contributed by atoms with Gasteiger partial charge in [0, 0.05) is 20.2 Å². The van der Waals surface area contributed by atoms with Gasteiger partial charge in [-0.2, -0.15) is 0 Å².